The summed E-state index contributed by atoms with van der Waals surface area (Å²) in [6, 6.07) is 9.74. The predicted molar refractivity (Wildman–Crippen MR) is 64.8 cm³/mol. The van der Waals surface area contributed by atoms with E-state index in [0.717, 1.165) is 16.5 Å². The van der Waals surface area contributed by atoms with Crippen LogP contribution in [-0.4, -0.2) is 17.9 Å². The predicted octanol–water partition coefficient (Wildman–Crippen LogP) is 1.99. The summed E-state index contributed by atoms with van der Waals surface area (Å²) in [5.74, 6) is -0.110. The molecule has 0 saturated carbocycles. The number of likely N-dealkylation sites (N-methyl/N-ethyl adjacent to an activating group) is 1. The molecule has 80 valence electrons. The van der Waals surface area contributed by atoms with Crippen molar-refractivity contribution in [1.29, 1.82) is 0 Å². The van der Waals surface area contributed by atoms with Crippen LogP contribution < -0.4 is 5.32 Å². The van der Waals surface area contributed by atoms with Crippen LogP contribution in [0.4, 0.5) is 0 Å². The van der Waals surface area contributed by atoms with Gasteiger partial charge in [0.15, 0.2) is 0 Å². The number of hydrogen-bond acceptors (Lipinski definition) is 2. The largest absolute Gasteiger partial charge is 0.356 e. The number of aromatic nitrogens is 1. The summed E-state index contributed by atoms with van der Waals surface area (Å²) in [6.07, 6.45) is 5.05. The second-order valence-corrected chi connectivity index (χ2v) is 3.36. The molecule has 2 aromatic rings. The number of amides is 1. The first-order chi connectivity index (χ1) is 7.81. The molecule has 1 aromatic heterocycles. The zero-order valence-corrected chi connectivity index (χ0v) is 8.97. The normalized spacial score (nSPS) is 10.8. The summed E-state index contributed by atoms with van der Waals surface area (Å²) in [4.78, 5) is 15.4. The SMILES string of the molecule is CNC(=O)C=Cc1ccnc2ccccc12. The Kier molecular flexibility index (Phi) is 2.96. The van der Waals surface area contributed by atoms with Crippen molar-refractivity contribution in [1.82, 2.24) is 10.3 Å². The molecule has 0 aliphatic heterocycles. The van der Waals surface area contributed by atoms with Gasteiger partial charge in [-0.05, 0) is 23.8 Å². The number of hydrogen-bond donors (Lipinski definition) is 1. The van der Waals surface area contributed by atoms with Crippen LogP contribution >= 0.6 is 0 Å². The molecule has 3 nitrogen and oxygen atoms in total. The van der Waals surface area contributed by atoms with Gasteiger partial charge in [-0.3, -0.25) is 9.78 Å². The smallest absolute Gasteiger partial charge is 0.243 e. The fraction of sp³-hybridized carbons (Fsp3) is 0.0769. The fourth-order valence-electron chi connectivity index (χ4n) is 1.51. The van der Waals surface area contributed by atoms with Crippen LogP contribution in [0, 0.1) is 0 Å². The van der Waals surface area contributed by atoms with Crippen molar-refractivity contribution in [3.63, 3.8) is 0 Å². The Bertz CT molecular complexity index is 541. The molecule has 0 spiro atoms. The Morgan fingerprint density at radius 3 is 2.94 bits per heavy atom. The molecule has 0 unspecified atom stereocenters. The summed E-state index contributed by atoms with van der Waals surface area (Å²) in [5, 5.41) is 3.59. The van der Waals surface area contributed by atoms with Crippen molar-refractivity contribution < 1.29 is 4.79 Å². The molecule has 0 saturated heterocycles. The van der Waals surface area contributed by atoms with Gasteiger partial charge in [0.2, 0.25) is 5.91 Å². The molecule has 0 atom stereocenters. The molecule has 0 radical (unpaired) electrons. The van der Waals surface area contributed by atoms with Gasteiger partial charge in [-0.15, -0.1) is 0 Å². The maximum absolute atomic E-state index is 11.1. The van der Waals surface area contributed by atoms with Gasteiger partial charge in [-0.2, -0.15) is 0 Å². The number of para-hydroxylation sites is 1. The monoisotopic (exact) mass is 212 g/mol. The van der Waals surface area contributed by atoms with E-state index in [4.69, 9.17) is 0 Å². The summed E-state index contributed by atoms with van der Waals surface area (Å²) in [7, 11) is 1.61. The van der Waals surface area contributed by atoms with E-state index in [2.05, 4.69) is 10.3 Å². The van der Waals surface area contributed by atoms with Crippen LogP contribution in [-0.2, 0) is 4.79 Å². The zero-order valence-electron chi connectivity index (χ0n) is 8.97. The molecule has 2 rings (SSSR count). The number of carbonyl (C=O) groups excluding carboxylic acids is 1. The van der Waals surface area contributed by atoms with E-state index in [1.54, 1.807) is 19.3 Å². The minimum absolute atomic E-state index is 0.110. The molecule has 0 bridgehead atoms. The number of rotatable bonds is 2. The second kappa shape index (κ2) is 4.57. The average molecular weight is 212 g/mol. The number of nitrogens with one attached hydrogen (secondary N) is 1. The van der Waals surface area contributed by atoms with Gasteiger partial charge in [-0.25, -0.2) is 0 Å². The van der Waals surface area contributed by atoms with Crippen molar-refractivity contribution in [3.8, 4) is 0 Å². The summed E-state index contributed by atoms with van der Waals surface area (Å²) in [6.45, 7) is 0. The van der Waals surface area contributed by atoms with Gasteiger partial charge in [0.05, 0.1) is 5.52 Å². The minimum atomic E-state index is -0.110. The lowest BCUT2D eigenvalue weighted by molar-refractivity contribution is -0.115. The van der Waals surface area contributed by atoms with Crippen molar-refractivity contribution >= 4 is 22.9 Å². The van der Waals surface area contributed by atoms with Crippen LogP contribution in [0.25, 0.3) is 17.0 Å². The third kappa shape index (κ3) is 2.08. The quantitative estimate of drug-likeness (QED) is 0.773. The average Bonchev–Trinajstić information content (AvgIpc) is 2.35. The highest BCUT2D eigenvalue weighted by atomic mass is 16.1. The standard InChI is InChI=1S/C13H12N2O/c1-14-13(16)7-6-10-8-9-15-12-5-3-2-4-11(10)12/h2-9H,1H3,(H,14,16). The molecule has 0 aliphatic carbocycles. The van der Waals surface area contributed by atoms with Gasteiger partial charge in [0.25, 0.3) is 0 Å². The first kappa shape index (κ1) is 10.4. The van der Waals surface area contributed by atoms with Crippen molar-refractivity contribution in [3.05, 3.63) is 48.2 Å². The van der Waals surface area contributed by atoms with E-state index in [1.165, 1.54) is 6.08 Å². The highest BCUT2D eigenvalue weighted by Gasteiger charge is 1.98. The number of nitrogens with zero attached hydrogens (tertiary/aromatic N) is 1. The van der Waals surface area contributed by atoms with Crippen molar-refractivity contribution in [2.75, 3.05) is 7.05 Å². The van der Waals surface area contributed by atoms with Crippen molar-refractivity contribution in [2.24, 2.45) is 0 Å². The Labute approximate surface area is 93.8 Å². The van der Waals surface area contributed by atoms with Crippen molar-refractivity contribution in [2.45, 2.75) is 0 Å². The van der Waals surface area contributed by atoms with Crippen LogP contribution in [0.5, 0.6) is 0 Å². The maximum atomic E-state index is 11.1. The molecule has 1 amide bonds. The fourth-order valence-corrected chi connectivity index (χ4v) is 1.51. The first-order valence-electron chi connectivity index (χ1n) is 5.05. The number of benzene rings is 1. The molecule has 0 aliphatic rings. The maximum Gasteiger partial charge on any atom is 0.243 e. The summed E-state index contributed by atoms with van der Waals surface area (Å²) < 4.78 is 0. The van der Waals surface area contributed by atoms with Gasteiger partial charge >= 0.3 is 0 Å². The van der Waals surface area contributed by atoms with E-state index in [0.29, 0.717) is 0 Å². The third-order valence-corrected chi connectivity index (χ3v) is 2.34. The Hall–Kier alpha value is -2.16. The van der Waals surface area contributed by atoms with Gasteiger partial charge in [-0.1, -0.05) is 18.2 Å². The van der Waals surface area contributed by atoms with Gasteiger partial charge < -0.3 is 5.32 Å². The van der Waals surface area contributed by atoms with Gasteiger partial charge in [0, 0.05) is 24.7 Å². The van der Waals surface area contributed by atoms with Crippen LogP contribution in [0.2, 0.25) is 0 Å². The highest BCUT2D eigenvalue weighted by molar-refractivity contribution is 5.95. The van der Waals surface area contributed by atoms with E-state index in [-0.39, 0.29) is 5.91 Å². The Balaban J connectivity index is 2.45. The molecule has 1 N–H and O–H groups in total. The molecule has 16 heavy (non-hydrogen) atoms. The van der Waals surface area contributed by atoms with Gasteiger partial charge in [0.1, 0.15) is 0 Å². The van der Waals surface area contributed by atoms with Crippen LogP contribution in [0.3, 0.4) is 0 Å². The lowest BCUT2D eigenvalue weighted by Crippen LogP contribution is -2.13. The highest BCUT2D eigenvalue weighted by Crippen LogP contribution is 2.17. The molecule has 1 heterocycles. The molecule has 0 fully saturated rings. The summed E-state index contributed by atoms with van der Waals surface area (Å²) >= 11 is 0. The Morgan fingerprint density at radius 2 is 2.12 bits per heavy atom. The minimum Gasteiger partial charge on any atom is -0.356 e. The van der Waals surface area contributed by atoms with E-state index in [9.17, 15) is 4.79 Å². The second-order valence-electron chi connectivity index (χ2n) is 3.36. The lowest BCUT2D eigenvalue weighted by Gasteiger charge is -2.00. The topological polar surface area (TPSA) is 42.0 Å². The molecular weight excluding hydrogens is 200 g/mol. The van der Waals surface area contributed by atoms with E-state index >= 15 is 0 Å². The van der Waals surface area contributed by atoms with E-state index < -0.39 is 0 Å². The van der Waals surface area contributed by atoms with Crippen LogP contribution in [0.1, 0.15) is 5.56 Å². The number of fused-ring (bicyclic) bond motifs is 1. The number of carbonyl (C=O) groups is 1. The van der Waals surface area contributed by atoms with E-state index in [1.807, 2.05) is 30.3 Å². The molecule has 1 aromatic carbocycles. The molecule has 3 heteroatoms. The molecular formula is C13H12N2O. The first-order valence-corrected chi connectivity index (χ1v) is 5.05. The number of pyridine rings is 1. The third-order valence-electron chi connectivity index (χ3n) is 2.34. The Morgan fingerprint density at radius 1 is 1.31 bits per heavy atom. The van der Waals surface area contributed by atoms with Crippen LogP contribution in [0.15, 0.2) is 42.6 Å². The zero-order chi connectivity index (χ0) is 11.4. The summed E-state index contributed by atoms with van der Waals surface area (Å²) in [5.41, 5.74) is 1.93. The lowest BCUT2D eigenvalue weighted by atomic mass is 10.1.